The van der Waals surface area contributed by atoms with Gasteiger partial charge in [0.05, 0.1) is 25.7 Å². The van der Waals surface area contributed by atoms with Gasteiger partial charge in [0.25, 0.3) is 11.1 Å². The normalized spacial score (nSPS) is 17.0. The van der Waals surface area contributed by atoms with Gasteiger partial charge in [0.15, 0.2) is 0 Å². The van der Waals surface area contributed by atoms with Crippen molar-refractivity contribution >= 4 is 35.0 Å². The van der Waals surface area contributed by atoms with E-state index in [0.717, 1.165) is 16.7 Å². The Labute approximate surface area is 149 Å². The molecule has 25 heavy (non-hydrogen) atoms. The van der Waals surface area contributed by atoms with Crippen molar-refractivity contribution in [3.05, 3.63) is 28.7 Å². The number of amides is 2. The molecule has 2 rings (SSSR count). The average Bonchev–Trinajstić information content (AvgIpc) is 2.88. The minimum absolute atomic E-state index is 0.177. The van der Waals surface area contributed by atoms with Crippen molar-refractivity contribution in [3.8, 4) is 11.5 Å². The number of benzene rings is 1. The number of ether oxygens (including phenoxy) is 3. The molecular weight excluding hydrogens is 346 g/mol. The third-order valence-electron chi connectivity index (χ3n) is 3.56. The molecule has 1 aliphatic rings. The van der Waals surface area contributed by atoms with Crippen molar-refractivity contribution in [1.82, 2.24) is 4.90 Å². The SMILES string of the molecule is CCOC(=O)[C@@H](C)N1C(=O)S/C(=C/c2cc(OC)ccc2OC)C1=O. The van der Waals surface area contributed by atoms with Gasteiger partial charge in [-0.05, 0) is 49.9 Å². The summed E-state index contributed by atoms with van der Waals surface area (Å²) < 4.78 is 15.3. The molecule has 0 spiro atoms. The molecule has 7 nitrogen and oxygen atoms in total. The standard InChI is InChI=1S/C17H19NO6S/c1-5-24-16(20)10(2)18-15(19)14(25-17(18)21)9-11-8-12(22-3)6-7-13(11)23-4/h6-10H,5H2,1-4H3/b14-9+/t10-/m1/s1. The van der Waals surface area contributed by atoms with E-state index in [0.29, 0.717) is 17.1 Å². The Bertz CT molecular complexity index is 730. The summed E-state index contributed by atoms with van der Waals surface area (Å²) in [6.45, 7) is 3.30. The Hall–Kier alpha value is -2.48. The number of esters is 1. The van der Waals surface area contributed by atoms with Crippen LogP contribution in [0.2, 0.25) is 0 Å². The summed E-state index contributed by atoms with van der Waals surface area (Å²) in [6.07, 6.45) is 1.55. The summed E-state index contributed by atoms with van der Waals surface area (Å²) in [5, 5.41) is -0.515. The fourth-order valence-corrected chi connectivity index (χ4v) is 3.17. The molecule has 0 aliphatic carbocycles. The van der Waals surface area contributed by atoms with Crippen LogP contribution >= 0.6 is 11.8 Å². The van der Waals surface area contributed by atoms with Gasteiger partial charge in [0.2, 0.25) is 0 Å². The highest BCUT2D eigenvalue weighted by atomic mass is 32.2. The fourth-order valence-electron chi connectivity index (χ4n) is 2.28. The van der Waals surface area contributed by atoms with Crippen LogP contribution in [-0.4, -0.2) is 48.9 Å². The first-order chi connectivity index (χ1) is 11.9. The van der Waals surface area contributed by atoms with E-state index in [2.05, 4.69) is 0 Å². The maximum Gasteiger partial charge on any atom is 0.329 e. The van der Waals surface area contributed by atoms with Crippen molar-refractivity contribution in [1.29, 1.82) is 0 Å². The zero-order valence-electron chi connectivity index (χ0n) is 14.4. The summed E-state index contributed by atoms with van der Waals surface area (Å²) in [7, 11) is 3.04. The number of rotatable bonds is 6. The lowest BCUT2D eigenvalue weighted by Crippen LogP contribution is -2.42. The smallest absolute Gasteiger partial charge is 0.329 e. The van der Waals surface area contributed by atoms with Crippen molar-refractivity contribution in [2.45, 2.75) is 19.9 Å². The van der Waals surface area contributed by atoms with Crippen LogP contribution in [0.5, 0.6) is 11.5 Å². The van der Waals surface area contributed by atoms with Gasteiger partial charge in [0.1, 0.15) is 17.5 Å². The van der Waals surface area contributed by atoms with Gasteiger partial charge >= 0.3 is 5.97 Å². The molecule has 0 bridgehead atoms. The Morgan fingerprint density at radius 1 is 1.28 bits per heavy atom. The molecule has 1 aliphatic heterocycles. The fraction of sp³-hybridized carbons (Fsp3) is 0.353. The third-order valence-corrected chi connectivity index (χ3v) is 4.45. The van der Waals surface area contributed by atoms with Gasteiger partial charge in [-0.2, -0.15) is 0 Å². The molecule has 0 aromatic heterocycles. The first-order valence-corrected chi connectivity index (χ1v) is 8.40. The van der Waals surface area contributed by atoms with Gasteiger partial charge in [-0.3, -0.25) is 14.5 Å². The van der Waals surface area contributed by atoms with Crippen LogP contribution < -0.4 is 9.47 Å². The predicted molar refractivity (Wildman–Crippen MR) is 93.5 cm³/mol. The molecule has 1 atom stereocenters. The second kappa shape index (κ2) is 8.06. The Kier molecular flexibility index (Phi) is 6.08. The topological polar surface area (TPSA) is 82.1 Å². The lowest BCUT2D eigenvalue weighted by atomic mass is 10.1. The van der Waals surface area contributed by atoms with E-state index in [9.17, 15) is 14.4 Å². The van der Waals surface area contributed by atoms with Gasteiger partial charge in [-0.1, -0.05) is 0 Å². The number of methoxy groups -OCH3 is 2. The Morgan fingerprint density at radius 2 is 2.00 bits per heavy atom. The lowest BCUT2D eigenvalue weighted by Gasteiger charge is -2.19. The third kappa shape index (κ3) is 3.96. The van der Waals surface area contributed by atoms with Gasteiger partial charge in [-0.15, -0.1) is 0 Å². The predicted octanol–water partition coefficient (Wildman–Crippen LogP) is 2.69. The number of nitrogens with zero attached hydrogens (tertiary/aromatic N) is 1. The molecular formula is C17H19NO6S. The summed E-state index contributed by atoms with van der Waals surface area (Å²) in [5.74, 6) is -0.0392. The number of carbonyl (C=O) groups excluding carboxylic acids is 3. The van der Waals surface area contributed by atoms with E-state index in [1.165, 1.54) is 21.1 Å². The van der Waals surface area contributed by atoms with Crippen LogP contribution in [0.15, 0.2) is 23.1 Å². The second-order valence-corrected chi connectivity index (χ2v) is 6.08. The maximum absolute atomic E-state index is 12.6. The van der Waals surface area contributed by atoms with Crippen molar-refractivity contribution in [3.63, 3.8) is 0 Å². The highest BCUT2D eigenvalue weighted by Gasteiger charge is 2.41. The van der Waals surface area contributed by atoms with Crippen molar-refractivity contribution in [2.24, 2.45) is 0 Å². The number of hydrogen-bond donors (Lipinski definition) is 0. The van der Waals surface area contributed by atoms with Crippen LogP contribution in [0.4, 0.5) is 4.79 Å². The van der Waals surface area contributed by atoms with E-state index in [1.807, 2.05) is 0 Å². The van der Waals surface area contributed by atoms with Crippen LogP contribution in [0.1, 0.15) is 19.4 Å². The second-order valence-electron chi connectivity index (χ2n) is 5.09. The van der Waals surface area contributed by atoms with Gasteiger partial charge < -0.3 is 14.2 Å². The number of thioether (sulfide) groups is 1. The van der Waals surface area contributed by atoms with E-state index in [4.69, 9.17) is 14.2 Å². The van der Waals surface area contributed by atoms with Crippen molar-refractivity contribution < 1.29 is 28.6 Å². The minimum atomic E-state index is -0.981. The first kappa shape index (κ1) is 18.9. The molecule has 1 fully saturated rings. The number of hydrogen-bond acceptors (Lipinski definition) is 7. The first-order valence-electron chi connectivity index (χ1n) is 7.58. The lowest BCUT2D eigenvalue weighted by molar-refractivity contribution is -0.150. The van der Waals surface area contributed by atoms with Gasteiger partial charge in [0, 0.05) is 5.56 Å². The molecule has 1 aromatic carbocycles. The molecule has 1 aromatic rings. The summed E-state index contributed by atoms with van der Waals surface area (Å²) >= 11 is 0.767. The molecule has 1 saturated heterocycles. The molecule has 1 heterocycles. The van der Waals surface area contributed by atoms with E-state index >= 15 is 0 Å². The maximum atomic E-state index is 12.6. The summed E-state index contributed by atoms with van der Waals surface area (Å²) in [6, 6.07) is 4.15. The minimum Gasteiger partial charge on any atom is -0.497 e. The largest absolute Gasteiger partial charge is 0.497 e. The highest BCUT2D eigenvalue weighted by molar-refractivity contribution is 8.18. The van der Waals surface area contributed by atoms with E-state index < -0.39 is 23.2 Å². The molecule has 0 N–H and O–H groups in total. The van der Waals surface area contributed by atoms with Crippen LogP contribution in [0.3, 0.4) is 0 Å². The number of carbonyl (C=O) groups is 3. The Morgan fingerprint density at radius 3 is 2.60 bits per heavy atom. The van der Waals surface area contributed by atoms with Crippen molar-refractivity contribution in [2.75, 3.05) is 20.8 Å². The van der Waals surface area contributed by atoms with Crippen LogP contribution in [0, 0.1) is 0 Å². The average molecular weight is 365 g/mol. The highest BCUT2D eigenvalue weighted by Crippen LogP contribution is 2.36. The zero-order valence-corrected chi connectivity index (χ0v) is 15.2. The molecule has 2 amide bonds. The molecule has 134 valence electrons. The summed E-state index contributed by atoms with van der Waals surface area (Å²) in [5.41, 5.74) is 0.594. The van der Waals surface area contributed by atoms with Crippen LogP contribution in [0.25, 0.3) is 6.08 Å². The van der Waals surface area contributed by atoms with Gasteiger partial charge in [-0.25, -0.2) is 4.79 Å². The quantitative estimate of drug-likeness (QED) is 0.566. The molecule has 8 heteroatoms. The van der Waals surface area contributed by atoms with E-state index in [1.54, 1.807) is 31.2 Å². The molecule has 0 unspecified atom stereocenters. The Balaban J connectivity index is 2.33. The zero-order chi connectivity index (χ0) is 18.6. The molecule has 0 radical (unpaired) electrons. The molecule has 0 saturated carbocycles. The number of imide groups is 1. The van der Waals surface area contributed by atoms with Crippen LogP contribution in [-0.2, 0) is 14.3 Å². The van der Waals surface area contributed by atoms with E-state index in [-0.39, 0.29) is 11.5 Å². The summed E-state index contributed by atoms with van der Waals surface area (Å²) in [4.78, 5) is 37.7. The monoisotopic (exact) mass is 365 g/mol.